The minimum Gasteiger partial charge on any atom is -0.356 e. The van der Waals surface area contributed by atoms with E-state index < -0.39 is 0 Å². The fourth-order valence-corrected chi connectivity index (χ4v) is 6.38. The molecule has 2 heteroatoms. The molecule has 0 bridgehead atoms. The summed E-state index contributed by atoms with van der Waals surface area (Å²) in [5, 5.41) is 0. The van der Waals surface area contributed by atoms with Crippen molar-refractivity contribution in [3.05, 3.63) is 42.7 Å². The number of hydrogen-bond donors (Lipinski definition) is 0. The van der Waals surface area contributed by atoms with Gasteiger partial charge in [-0.25, -0.2) is 0 Å². The molecular weight excluding hydrogens is 484 g/mol. The Morgan fingerprint density at radius 2 is 0.850 bits per heavy atom. The van der Waals surface area contributed by atoms with Crippen molar-refractivity contribution in [2.75, 3.05) is 11.4 Å². The zero-order valence-electron chi connectivity index (χ0n) is 27.1. The number of para-hydroxylation sites is 1. The third kappa shape index (κ3) is 16.7. The molecule has 1 unspecified atom stereocenters. The van der Waals surface area contributed by atoms with E-state index in [0.717, 1.165) is 0 Å². The van der Waals surface area contributed by atoms with Crippen LogP contribution in [0.2, 0.25) is 0 Å². The Bertz CT molecular complexity index is 684. The summed E-state index contributed by atoms with van der Waals surface area (Å²) >= 11 is 0. The van der Waals surface area contributed by atoms with Gasteiger partial charge in [0.2, 0.25) is 0 Å². The summed E-state index contributed by atoms with van der Waals surface area (Å²) in [6, 6.07) is 11.0. The summed E-state index contributed by atoms with van der Waals surface area (Å²) in [4.78, 5) is 5.16. The Morgan fingerprint density at radius 1 is 0.450 bits per heavy atom. The first kappa shape index (κ1) is 34.8. The van der Waals surface area contributed by atoms with Gasteiger partial charge in [-0.3, -0.25) is 0 Å². The smallest absolute Gasteiger partial charge is 0.105 e. The van der Waals surface area contributed by atoms with Gasteiger partial charge in [0.1, 0.15) is 6.17 Å². The van der Waals surface area contributed by atoms with Crippen LogP contribution in [-0.2, 0) is 0 Å². The fourth-order valence-electron chi connectivity index (χ4n) is 6.38. The van der Waals surface area contributed by atoms with E-state index in [9.17, 15) is 0 Å². The van der Waals surface area contributed by atoms with E-state index in [1.165, 1.54) is 179 Å². The first-order valence-corrected chi connectivity index (χ1v) is 18.1. The van der Waals surface area contributed by atoms with Crippen LogP contribution in [0.4, 0.5) is 5.69 Å². The van der Waals surface area contributed by atoms with Crippen LogP contribution in [-0.4, -0.2) is 17.6 Å². The predicted octanol–water partition coefficient (Wildman–Crippen LogP) is 12.8. The maximum atomic E-state index is 2.64. The molecule has 1 aromatic carbocycles. The SMILES string of the molecule is CCCCCCCCCCCCCCCCCCCN1C=CN(c2ccccc2)C1CCCCCCCCCC. The Labute approximate surface area is 251 Å². The van der Waals surface area contributed by atoms with Crippen LogP contribution in [0, 0.1) is 0 Å². The first-order valence-electron chi connectivity index (χ1n) is 18.1. The van der Waals surface area contributed by atoms with Crippen LogP contribution in [0.1, 0.15) is 181 Å². The van der Waals surface area contributed by atoms with E-state index in [0.29, 0.717) is 6.17 Å². The van der Waals surface area contributed by atoms with Gasteiger partial charge in [0, 0.05) is 24.6 Å². The normalized spacial score (nSPS) is 15.0. The van der Waals surface area contributed by atoms with Gasteiger partial charge in [0.25, 0.3) is 0 Å². The minimum atomic E-state index is 0.503. The van der Waals surface area contributed by atoms with Crippen molar-refractivity contribution in [3.63, 3.8) is 0 Å². The van der Waals surface area contributed by atoms with Crippen molar-refractivity contribution in [1.82, 2.24) is 4.90 Å². The summed E-state index contributed by atoms with van der Waals surface area (Å²) in [6.45, 7) is 5.82. The Kier molecular flexibility index (Phi) is 22.0. The molecule has 0 aromatic heterocycles. The van der Waals surface area contributed by atoms with E-state index in [4.69, 9.17) is 0 Å². The molecule has 1 atom stereocenters. The molecule has 0 amide bonds. The van der Waals surface area contributed by atoms with Crippen LogP contribution in [0.15, 0.2) is 42.7 Å². The third-order valence-electron chi connectivity index (χ3n) is 9.01. The largest absolute Gasteiger partial charge is 0.356 e. The zero-order valence-corrected chi connectivity index (χ0v) is 27.1. The van der Waals surface area contributed by atoms with E-state index in [2.05, 4.69) is 66.4 Å². The molecule has 0 spiro atoms. The summed E-state index contributed by atoms with van der Waals surface area (Å²) < 4.78 is 0. The lowest BCUT2D eigenvalue weighted by molar-refractivity contribution is 0.273. The zero-order chi connectivity index (χ0) is 28.4. The summed E-state index contributed by atoms with van der Waals surface area (Å²) in [7, 11) is 0. The Morgan fingerprint density at radius 3 is 1.30 bits per heavy atom. The molecule has 1 heterocycles. The second kappa shape index (κ2) is 25.3. The lowest BCUT2D eigenvalue weighted by Gasteiger charge is -2.33. The quantitative estimate of drug-likeness (QED) is 0.0954. The van der Waals surface area contributed by atoms with Gasteiger partial charge in [-0.05, 0) is 31.4 Å². The van der Waals surface area contributed by atoms with E-state index >= 15 is 0 Å². The maximum absolute atomic E-state index is 2.64. The fraction of sp³-hybridized carbons (Fsp3) is 0.789. The van der Waals surface area contributed by atoms with Crippen molar-refractivity contribution in [1.29, 1.82) is 0 Å². The number of nitrogens with zero attached hydrogens (tertiary/aromatic N) is 2. The minimum absolute atomic E-state index is 0.503. The molecule has 0 saturated carbocycles. The highest BCUT2D eigenvalue weighted by Crippen LogP contribution is 2.28. The second-order valence-electron chi connectivity index (χ2n) is 12.7. The van der Waals surface area contributed by atoms with Crippen LogP contribution < -0.4 is 4.90 Å². The maximum Gasteiger partial charge on any atom is 0.105 e. The van der Waals surface area contributed by atoms with Crippen LogP contribution >= 0.6 is 0 Å². The van der Waals surface area contributed by atoms with Crippen LogP contribution in [0.3, 0.4) is 0 Å². The van der Waals surface area contributed by atoms with Crippen molar-refractivity contribution in [2.45, 2.75) is 187 Å². The lowest BCUT2D eigenvalue weighted by atomic mass is 10.0. The van der Waals surface area contributed by atoms with Gasteiger partial charge in [-0.2, -0.15) is 0 Å². The van der Waals surface area contributed by atoms with Gasteiger partial charge in [-0.1, -0.05) is 180 Å². The highest BCUT2D eigenvalue weighted by Gasteiger charge is 2.26. The van der Waals surface area contributed by atoms with Gasteiger partial charge in [0.05, 0.1) is 0 Å². The second-order valence-corrected chi connectivity index (χ2v) is 12.7. The van der Waals surface area contributed by atoms with E-state index in [-0.39, 0.29) is 0 Å². The van der Waals surface area contributed by atoms with E-state index in [1.54, 1.807) is 0 Å². The molecule has 0 saturated heterocycles. The average molecular weight is 553 g/mol. The van der Waals surface area contributed by atoms with Gasteiger partial charge in [-0.15, -0.1) is 0 Å². The van der Waals surface area contributed by atoms with Crippen LogP contribution in [0.5, 0.6) is 0 Å². The molecule has 1 aromatic rings. The van der Waals surface area contributed by atoms with Gasteiger partial charge < -0.3 is 9.80 Å². The molecule has 1 aliphatic rings. The van der Waals surface area contributed by atoms with Gasteiger partial charge in [0.15, 0.2) is 0 Å². The lowest BCUT2D eigenvalue weighted by Crippen LogP contribution is -2.39. The molecule has 0 aliphatic carbocycles. The average Bonchev–Trinajstić information content (AvgIpc) is 3.39. The number of benzene rings is 1. The monoisotopic (exact) mass is 553 g/mol. The number of rotatable bonds is 28. The topological polar surface area (TPSA) is 6.48 Å². The summed E-state index contributed by atoms with van der Waals surface area (Å²) in [5.41, 5.74) is 1.34. The summed E-state index contributed by atoms with van der Waals surface area (Å²) in [5.74, 6) is 0. The molecule has 2 rings (SSSR count). The number of hydrogen-bond acceptors (Lipinski definition) is 2. The molecule has 0 radical (unpaired) electrons. The molecule has 1 aliphatic heterocycles. The molecule has 230 valence electrons. The molecular formula is C38H68N2. The Balaban J connectivity index is 1.50. The van der Waals surface area contributed by atoms with Crippen molar-refractivity contribution in [2.24, 2.45) is 0 Å². The van der Waals surface area contributed by atoms with Crippen molar-refractivity contribution >= 4 is 5.69 Å². The standard InChI is InChI=1S/C38H68N2/c1-3-5-7-9-11-13-14-15-16-17-18-19-20-21-23-25-30-34-39-35-36-40(37-31-27-26-28-32-37)38(39)33-29-24-22-12-10-8-6-4-2/h26-28,31-32,35-36,38H,3-25,29-30,33-34H2,1-2H3. The molecule has 0 N–H and O–H groups in total. The van der Waals surface area contributed by atoms with Crippen LogP contribution in [0.25, 0.3) is 0 Å². The predicted molar refractivity (Wildman–Crippen MR) is 180 cm³/mol. The third-order valence-corrected chi connectivity index (χ3v) is 9.01. The number of unbranched alkanes of at least 4 members (excludes halogenated alkanes) is 23. The first-order chi connectivity index (χ1) is 19.9. The molecule has 40 heavy (non-hydrogen) atoms. The van der Waals surface area contributed by atoms with Crippen molar-refractivity contribution < 1.29 is 0 Å². The van der Waals surface area contributed by atoms with Crippen molar-refractivity contribution in [3.8, 4) is 0 Å². The number of anilines is 1. The molecule has 0 fully saturated rings. The summed E-state index contributed by atoms with van der Waals surface area (Å²) in [6.07, 6.45) is 42.2. The van der Waals surface area contributed by atoms with Gasteiger partial charge >= 0.3 is 0 Å². The highest BCUT2D eigenvalue weighted by atomic mass is 15.4. The van der Waals surface area contributed by atoms with E-state index in [1.807, 2.05) is 0 Å². The Hall–Kier alpha value is -1.44. The molecule has 2 nitrogen and oxygen atoms in total. The highest BCUT2D eigenvalue weighted by molar-refractivity contribution is 5.51.